The van der Waals surface area contributed by atoms with Gasteiger partial charge >= 0.3 is 0 Å². The average molecular weight is 296 g/mol. The van der Waals surface area contributed by atoms with Gasteiger partial charge in [0.2, 0.25) is 0 Å². The number of nitrogens with zero attached hydrogens (tertiary/aromatic N) is 2. The maximum absolute atomic E-state index is 13.9. The quantitative estimate of drug-likeness (QED) is 0.737. The van der Waals surface area contributed by atoms with Crippen LogP contribution in [0, 0.1) is 12.7 Å². The van der Waals surface area contributed by atoms with Gasteiger partial charge in [-0.05, 0) is 51.7 Å². The van der Waals surface area contributed by atoms with Crippen molar-refractivity contribution in [1.29, 1.82) is 0 Å². The first-order chi connectivity index (χ1) is 9.95. The van der Waals surface area contributed by atoms with E-state index in [1.54, 1.807) is 31.1 Å². The molecule has 4 nitrogen and oxygen atoms in total. The Morgan fingerprint density at radius 2 is 1.95 bits per heavy atom. The normalized spacial score (nSPS) is 11.0. The Hall–Kier alpha value is -1.46. The van der Waals surface area contributed by atoms with Crippen molar-refractivity contribution < 1.29 is 13.9 Å². The third-order valence-corrected chi connectivity index (χ3v) is 3.24. The van der Waals surface area contributed by atoms with Crippen LogP contribution in [0.15, 0.2) is 18.2 Å². The van der Waals surface area contributed by atoms with E-state index < -0.39 is 5.82 Å². The fourth-order valence-electron chi connectivity index (χ4n) is 2.06. The van der Waals surface area contributed by atoms with E-state index in [1.807, 2.05) is 14.1 Å². The lowest BCUT2D eigenvalue weighted by molar-refractivity contribution is 0.0684. The van der Waals surface area contributed by atoms with Crippen LogP contribution in [0.1, 0.15) is 22.3 Å². The minimum absolute atomic E-state index is 0.126. The molecule has 21 heavy (non-hydrogen) atoms. The fourth-order valence-corrected chi connectivity index (χ4v) is 2.06. The van der Waals surface area contributed by atoms with Crippen molar-refractivity contribution in [2.24, 2.45) is 0 Å². The van der Waals surface area contributed by atoms with Gasteiger partial charge in [0.15, 0.2) is 0 Å². The maximum Gasteiger partial charge on any atom is 0.256 e. The van der Waals surface area contributed by atoms with Gasteiger partial charge in [-0.2, -0.15) is 0 Å². The maximum atomic E-state index is 13.9. The Bertz CT molecular complexity index is 464. The molecule has 0 heterocycles. The highest BCUT2D eigenvalue weighted by Crippen LogP contribution is 2.13. The Morgan fingerprint density at radius 3 is 2.52 bits per heavy atom. The number of halogens is 1. The smallest absolute Gasteiger partial charge is 0.256 e. The van der Waals surface area contributed by atoms with Crippen LogP contribution in [0.25, 0.3) is 0 Å². The van der Waals surface area contributed by atoms with Crippen molar-refractivity contribution in [3.05, 3.63) is 35.1 Å². The van der Waals surface area contributed by atoms with E-state index in [0.29, 0.717) is 19.7 Å². The minimum Gasteiger partial charge on any atom is -0.383 e. The summed E-state index contributed by atoms with van der Waals surface area (Å²) in [7, 11) is 5.57. The first kappa shape index (κ1) is 17.6. The van der Waals surface area contributed by atoms with Gasteiger partial charge in [-0.25, -0.2) is 4.39 Å². The highest BCUT2D eigenvalue weighted by molar-refractivity contribution is 5.94. The van der Waals surface area contributed by atoms with E-state index in [0.717, 1.165) is 18.5 Å². The Kier molecular flexibility index (Phi) is 7.32. The molecule has 0 saturated carbocycles. The molecule has 0 aromatic heterocycles. The molecular weight excluding hydrogens is 271 g/mol. The number of amides is 1. The largest absolute Gasteiger partial charge is 0.383 e. The van der Waals surface area contributed by atoms with E-state index in [2.05, 4.69) is 4.90 Å². The molecule has 0 unspecified atom stereocenters. The molecular formula is C16H25FN2O2. The Balaban J connectivity index is 2.77. The third-order valence-electron chi connectivity index (χ3n) is 3.24. The lowest BCUT2D eigenvalue weighted by Crippen LogP contribution is -2.36. The summed E-state index contributed by atoms with van der Waals surface area (Å²) in [6.07, 6.45) is 0.843. The van der Waals surface area contributed by atoms with Crippen molar-refractivity contribution in [3.63, 3.8) is 0 Å². The number of carbonyl (C=O) groups excluding carboxylic acids is 1. The second-order valence-corrected chi connectivity index (χ2v) is 5.43. The summed E-state index contributed by atoms with van der Waals surface area (Å²) < 4.78 is 19.0. The van der Waals surface area contributed by atoms with Gasteiger partial charge in [-0.15, -0.1) is 0 Å². The van der Waals surface area contributed by atoms with Crippen molar-refractivity contribution in [1.82, 2.24) is 9.80 Å². The lowest BCUT2D eigenvalue weighted by atomic mass is 10.1. The number of hydrogen-bond acceptors (Lipinski definition) is 3. The van der Waals surface area contributed by atoms with E-state index >= 15 is 0 Å². The fraction of sp³-hybridized carbons (Fsp3) is 0.562. The monoisotopic (exact) mass is 296 g/mol. The lowest BCUT2D eigenvalue weighted by Gasteiger charge is -2.23. The van der Waals surface area contributed by atoms with Gasteiger partial charge in [0.1, 0.15) is 5.82 Å². The van der Waals surface area contributed by atoms with Crippen LogP contribution in [0.3, 0.4) is 0 Å². The van der Waals surface area contributed by atoms with Crippen molar-refractivity contribution in [2.45, 2.75) is 13.3 Å². The van der Waals surface area contributed by atoms with Crippen molar-refractivity contribution in [2.75, 3.05) is 47.4 Å². The number of methoxy groups -OCH3 is 1. The molecule has 0 aliphatic rings. The number of ether oxygens (including phenoxy) is 1. The van der Waals surface area contributed by atoms with Gasteiger partial charge in [0.25, 0.3) is 5.91 Å². The number of carbonyl (C=O) groups is 1. The zero-order chi connectivity index (χ0) is 15.8. The SMILES string of the molecule is COCCN(CCCN(C)C)C(=O)c1ccc(C)cc1F. The van der Waals surface area contributed by atoms with Crippen LogP contribution < -0.4 is 0 Å². The predicted octanol–water partition coefficient (Wildman–Crippen LogP) is 2.17. The van der Waals surface area contributed by atoms with E-state index in [9.17, 15) is 9.18 Å². The van der Waals surface area contributed by atoms with Crippen molar-refractivity contribution in [3.8, 4) is 0 Å². The van der Waals surface area contributed by atoms with Crippen molar-refractivity contribution >= 4 is 5.91 Å². The van der Waals surface area contributed by atoms with E-state index in [-0.39, 0.29) is 11.5 Å². The van der Waals surface area contributed by atoms with Crippen LogP contribution in [0.2, 0.25) is 0 Å². The predicted molar refractivity (Wildman–Crippen MR) is 82.1 cm³/mol. The van der Waals surface area contributed by atoms with Crippen LogP contribution in [-0.2, 0) is 4.74 Å². The van der Waals surface area contributed by atoms with Gasteiger partial charge in [0, 0.05) is 20.2 Å². The zero-order valence-corrected chi connectivity index (χ0v) is 13.4. The first-order valence-corrected chi connectivity index (χ1v) is 7.14. The van der Waals surface area contributed by atoms with Crippen LogP contribution in [0.4, 0.5) is 4.39 Å². The van der Waals surface area contributed by atoms with Gasteiger partial charge < -0.3 is 14.5 Å². The summed E-state index contributed by atoms with van der Waals surface area (Å²) in [5.41, 5.74) is 0.932. The molecule has 5 heteroatoms. The highest BCUT2D eigenvalue weighted by atomic mass is 19.1. The van der Waals surface area contributed by atoms with Crippen LogP contribution >= 0.6 is 0 Å². The second kappa shape index (κ2) is 8.74. The van der Waals surface area contributed by atoms with E-state index in [4.69, 9.17) is 4.74 Å². The molecule has 118 valence electrons. The molecule has 1 rings (SSSR count). The standard InChI is InChI=1S/C16H25FN2O2/c1-13-6-7-14(15(17)12-13)16(20)19(10-11-21-4)9-5-8-18(2)3/h6-7,12H,5,8-11H2,1-4H3. The molecule has 0 aliphatic carbocycles. The van der Waals surface area contributed by atoms with Gasteiger partial charge in [-0.1, -0.05) is 6.07 Å². The summed E-state index contributed by atoms with van der Waals surface area (Å²) in [6, 6.07) is 4.70. The Labute approximate surface area is 126 Å². The van der Waals surface area contributed by atoms with Crippen LogP contribution in [-0.4, -0.2) is 63.2 Å². The molecule has 0 N–H and O–H groups in total. The molecule has 1 aromatic rings. The number of hydrogen-bond donors (Lipinski definition) is 0. The highest BCUT2D eigenvalue weighted by Gasteiger charge is 2.18. The van der Waals surface area contributed by atoms with Crippen LogP contribution in [0.5, 0.6) is 0 Å². The molecule has 0 radical (unpaired) electrons. The summed E-state index contributed by atoms with van der Waals surface area (Å²) in [5, 5.41) is 0. The average Bonchev–Trinajstić information content (AvgIpc) is 2.41. The molecule has 1 amide bonds. The summed E-state index contributed by atoms with van der Waals surface area (Å²) in [5.74, 6) is -0.738. The summed E-state index contributed by atoms with van der Waals surface area (Å²) in [6.45, 7) is 4.19. The molecule has 0 aliphatic heterocycles. The molecule has 0 spiro atoms. The second-order valence-electron chi connectivity index (χ2n) is 5.43. The van der Waals surface area contributed by atoms with Gasteiger partial charge in [0.05, 0.1) is 12.2 Å². The van der Waals surface area contributed by atoms with Gasteiger partial charge in [-0.3, -0.25) is 4.79 Å². The summed E-state index contributed by atoms with van der Waals surface area (Å²) >= 11 is 0. The molecule has 0 saturated heterocycles. The Morgan fingerprint density at radius 1 is 1.24 bits per heavy atom. The molecule has 0 atom stereocenters. The number of aryl methyl sites for hydroxylation is 1. The number of benzene rings is 1. The minimum atomic E-state index is -0.463. The molecule has 0 fully saturated rings. The third kappa shape index (κ3) is 5.81. The van der Waals surface area contributed by atoms with E-state index in [1.165, 1.54) is 6.07 Å². The number of rotatable bonds is 8. The molecule has 0 bridgehead atoms. The molecule has 1 aromatic carbocycles. The topological polar surface area (TPSA) is 32.8 Å². The first-order valence-electron chi connectivity index (χ1n) is 7.14. The zero-order valence-electron chi connectivity index (χ0n) is 13.4. The summed E-state index contributed by atoms with van der Waals surface area (Å²) in [4.78, 5) is 16.2.